The lowest BCUT2D eigenvalue weighted by molar-refractivity contribution is -0.134. The molecular formula is C24H26N2O4. The predicted octanol–water partition coefficient (Wildman–Crippen LogP) is 4.16. The number of likely N-dealkylation sites (tertiary alicyclic amines) is 1. The van der Waals surface area contributed by atoms with Crippen LogP contribution in [0, 0.1) is 0 Å². The first-order chi connectivity index (χ1) is 14.5. The maximum atomic E-state index is 12.6. The van der Waals surface area contributed by atoms with E-state index in [4.69, 9.17) is 9.47 Å². The van der Waals surface area contributed by atoms with Gasteiger partial charge in [-0.05, 0) is 61.6 Å². The number of ether oxygens (including phenoxy) is 2. The molecule has 0 radical (unpaired) electrons. The van der Waals surface area contributed by atoms with Crippen molar-refractivity contribution in [2.24, 2.45) is 0 Å². The summed E-state index contributed by atoms with van der Waals surface area (Å²) < 4.78 is 11.0. The average Bonchev–Trinajstić information content (AvgIpc) is 3.21. The van der Waals surface area contributed by atoms with E-state index < -0.39 is 0 Å². The van der Waals surface area contributed by atoms with Crippen LogP contribution in [0.3, 0.4) is 0 Å². The number of hydrogen-bond donors (Lipinski definition) is 1. The number of aromatic amines is 1. The van der Waals surface area contributed by atoms with Crippen molar-refractivity contribution in [3.8, 4) is 11.5 Å². The Balaban J connectivity index is 1.35. The number of fused-ring (bicyclic) bond motifs is 1. The highest BCUT2D eigenvalue weighted by molar-refractivity contribution is 5.94. The molecule has 6 heteroatoms. The molecule has 0 bridgehead atoms. The van der Waals surface area contributed by atoms with E-state index >= 15 is 0 Å². The van der Waals surface area contributed by atoms with Crippen LogP contribution >= 0.6 is 0 Å². The number of hydrogen-bond acceptors (Lipinski definition) is 4. The van der Waals surface area contributed by atoms with Gasteiger partial charge in [0.1, 0.15) is 11.5 Å². The number of aromatic nitrogens is 1. The summed E-state index contributed by atoms with van der Waals surface area (Å²) in [6, 6.07) is 13.0. The molecule has 1 aliphatic rings. The number of rotatable bonds is 6. The highest BCUT2D eigenvalue weighted by atomic mass is 16.5. The highest BCUT2D eigenvalue weighted by Crippen LogP contribution is 2.34. The van der Waals surface area contributed by atoms with Crippen molar-refractivity contribution in [1.82, 2.24) is 9.88 Å². The van der Waals surface area contributed by atoms with Crippen molar-refractivity contribution >= 4 is 22.6 Å². The number of piperidine rings is 1. The average molecular weight is 406 g/mol. The van der Waals surface area contributed by atoms with Crippen LogP contribution < -0.4 is 9.47 Å². The molecule has 2 heterocycles. The van der Waals surface area contributed by atoms with E-state index in [1.165, 1.54) is 17.9 Å². The number of benzene rings is 2. The molecule has 4 rings (SSSR count). The van der Waals surface area contributed by atoms with E-state index in [-0.39, 0.29) is 18.3 Å². The molecule has 0 unspecified atom stereocenters. The molecule has 3 aromatic rings. The number of carbonyl (C=O) groups is 2. The predicted molar refractivity (Wildman–Crippen MR) is 115 cm³/mol. The second-order valence-corrected chi connectivity index (χ2v) is 7.68. The topological polar surface area (TPSA) is 71.6 Å². The zero-order valence-corrected chi connectivity index (χ0v) is 17.3. The summed E-state index contributed by atoms with van der Waals surface area (Å²) in [6.07, 6.45) is 3.91. The van der Waals surface area contributed by atoms with Crippen LogP contribution in [0.25, 0.3) is 10.9 Å². The Labute approximate surface area is 175 Å². The van der Waals surface area contributed by atoms with Crippen LogP contribution in [0.1, 0.15) is 41.6 Å². The zero-order chi connectivity index (χ0) is 21.1. The summed E-state index contributed by atoms with van der Waals surface area (Å²) in [5.41, 5.74) is 2.97. The first-order valence-electron chi connectivity index (χ1n) is 10.2. The SMILES string of the molecule is COc1ccc2[nH]cc(C3CCN(C(=O)COc4cccc(C(C)=O)c4)CC3)c2c1. The van der Waals surface area contributed by atoms with E-state index in [2.05, 4.69) is 17.2 Å². The molecule has 2 aromatic carbocycles. The first kappa shape index (κ1) is 20.0. The van der Waals surface area contributed by atoms with Crippen molar-refractivity contribution in [3.05, 3.63) is 59.8 Å². The molecular weight excluding hydrogens is 380 g/mol. The number of nitrogens with one attached hydrogen (secondary N) is 1. The fourth-order valence-corrected chi connectivity index (χ4v) is 4.07. The summed E-state index contributed by atoms with van der Waals surface area (Å²) in [5.74, 6) is 1.75. The Bertz CT molecular complexity index is 1060. The van der Waals surface area contributed by atoms with E-state index in [9.17, 15) is 9.59 Å². The Kier molecular flexibility index (Phi) is 5.74. The van der Waals surface area contributed by atoms with E-state index in [0.717, 1.165) is 24.1 Å². The summed E-state index contributed by atoms with van der Waals surface area (Å²) in [4.78, 5) is 29.3. The van der Waals surface area contributed by atoms with Gasteiger partial charge in [0.25, 0.3) is 5.91 Å². The van der Waals surface area contributed by atoms with Crippen molar-refractivity contribution in [3.63, 3.8) is 0 Å². The summed E-state index contributed by atoms with van der Waals surface area (Å²) in [7, 11) is 1.68. The number of Topliss-reactive ketones (excluding diaryl/α,β-unsaturated/α-hetero) is 1. The Morgan fingerprint density at radius 1 is 1.10 bits per heavy atom. The maximum Gasteiger partial charge on any atom is 0.260 e. The molecule has 0 aliphatic carbocycles. The fraction of sp³-hybridized carbons (Fsp3) is 0.333. The lowest BCUT2D eigenvalue weighted by atomic mass is 9.89. The van der Waals surface area contributed by atoms with Crippen molar-refractivity contribution in [2.45, 2.75) is 25.7 Å². The second kappa shape index (κ2) is 8.61. The van der Waals surface area contributed by atoms with Gasteiger partial charge in [-0.2, -0.15) is 0 Å². The van der Waals surface area contributed by atoms with Gasteiger partial charge in [0, 0.05) is 35.8 Å². The number of carbonyl (C=O) groups excluding carboxylic acids is 2. The number of H-pyrrole nitrogens is 1. The molecule has 1 amide bonds. The molecule has 0 saturated carbocycles. The van der Waals surface area contributed by atoms with Crippen molar-refractivity contribution in [1.29, 1.82) is 0 Å². The third kappa shape index (κ3) is 4.17. The van der Waals surface area contributed by atoms with E-state index in [1.807, 2.05) is 17.0 Å². The number of amides is 1. The van der Waals surface area contributed by atoms with Crippen LogP contribution in [-0.4, -0.2) is 48.4 Å². The normalized spacial score (nSPS) is 14.7. The van der Waals surface area contributed by atoms with Crippen LogP contribution in [-0.2, 0) is 4.79 Å². The van der Waals surface area contributed by atoms with Gasteiger partial charge in [-0.25, -0.2) is 0 Å². The highest BCUT2D eigenvalue weighted by Gasteiger charge is 2.25. The van der Waals surface area contributed by atoms with Crippen molar-refractivity contribution in [2.75, 3.05) is 26.8 Å². The van der Waals surface area contributed by atoms with Gasteiger partial charge in [0.2, 0.25) is 0 Å². The zero-order valence-electron chi connectivity index (χ0n) is 17.3. The van der Waals surface area contributed by atoms with Crippen LogP contribution in [0.15, 0.2) is 48.7 Å². The van der Waals surface area contributed by atoms with Gasteiger partial charge in [-0.3, -0.25) is 9.59 Å². The third-order valence-electron chi connectivity index (χ3n) is 5.81. The van der Waals surface area contributed by atoms with Gasteiger partial charge in [-0.15, -0.1) is 0 Å². The fourth-order valence-electron chi connectivity index (χ4n) is 4.07. The molecule has 1 aromatic heterocycles. The third-order valence-corrected chi connectivity index (χ3v) is 5.81. The van der Waals surface area contributed by atoms with Crippen LogP contribution in [0.2, 0.25) is 0 Å². The first-order valence-corrected chi connectivity index (χ1v) is 10.2. The summed E-state index contributed by atoms with van der Waals surface area (Å²) >= 11 is 0. The summed E-state index contributed by atoms with van der Waals surface area (Å²) in [5, 5.41) is 1.19. The molecule has 30 heavy (non-hydrogen) atoms. The number of methoxy groups -OCH3 is 1. The van der Waals surface area contributed by atoms with Gasteiger partial charge in [0.05, 0.1) is 7.11 Å². The van der Waals surface area contributed by atoms with E-state index in [0.29, 0.717) is 30.3 Å². The molecule has 1 saturated heterocycles. The number of nitrogens with zero attached hydrogens (tertiary/aromatic N) is 1. The molecule has 1 aliphatic heterocycles. The van der Waals surface area contributed by atoms with Crippen LogP contribution in [0.4, 0.5) is 0 Å². The van der Waals surface area contributed by atoms with Crippen molar-refractivity contribution < 1.29 is 19.1 Å². The van der Waals surface area contributed by atoms with E-state index in [1.54, 1.807) is 31.4 Å². The Morgan fingerprint density at radius 2 is 1.90 bits per heavy atom. The minimum Gasteiger partial charge on any atom is -0.497 e. The van der Waals surface area contributed by atoms with Gasteiger partial charge < -0.3 is 19.4 Å². The Hall–Kier alpha value is -3.28. The molecule has 0 spiro atoms. The minimum absolute atomic E-state index is 0.0176. The lowest BCUT2D eigenvalue weighted by Gasteiger charge is -2.32. The quantitative estimate of drug-likeness (QED) is 0.624. The van der Waals surface area contributed by atoms with Gasteiger partial charge in [-0.1, -0.05) is 12.1 Å². The minimum atomic E-state index is -0.0257. The molecule has 6 nitrogen and oxygen atoms in total. The lowest BCUT2D eigenvalue weighted by Crippen LogP contribution is -2.40. The Morgan fingerprint density at radius 3 is 2.63 bits per heavy atom. The summed E-state index contributed by atoms with van der Waals surface area (Å²) in [6.45, 7) is 2.91. The monoisotopic (exact) mass is 406 g/mol. The van der Waals surface area contributed by atoms with Gasteiger partial charge >= 0.3 is 0 Å². The van der Waals surface area contributed by atoms with Gasteiger partial charge in [0.15, 0.2) is 12.4 Å². The molecule has 1 N–H and O–H groups in total. The molecule has 156 valence electrons. The standard InChI is InChI=1S/C24H26N2O4/c1-16(27)18-4-3-5-20(12-18)30-15-24(28)26-10-8-17(9-11-26)22-14-25-23-7-6-19(29-2)13-21(22)23/h3-7,12-14,17,25H,8-11,15H2,1-2H3. The largest absolute Gasteiger partial charge is 0.497 e. The second-order valence-electron chi connectivity index (χ2n) is 7.68. The smallest absolute Gasteiger partial charge is 0.260 e. The maximum absolute atomic E-state index is 12.6. The molecule has 1 fully saturated rings. The van der Waals surface area contributed by atoms with Crippen LogP contribution in [0.5, 0.6) is 11.5 Å². The molecule has 0 atom stereocenters. The number of ketones is 1.